The second-order valence-electron chi connectivity index (χ2n) is 1.40. The van der Waals surface area contributed by atoms with Gasteiger partial charge in [0.15, 0.2) is 0 Å². The van der Waals surface area contributed by atoms with Crippen LogP contribution in [0, 0.1) is 17.2 Å². The van der Waals surface area contributed by atoms with E-state index < -0.39 is 0 Å². The highest BCUT2D eigenvalue weighted by Gasteiger charge is 1.99. The van der Waals surface area contributed by atoms with Crippen molar-refractivity contribution in [2.24, 2.45) is 5.92 Å². The van der Waals surface area contributed by atoms with E-state index in [0.29, 0.717) is 6.42 Å². The summed E-state index contributed by atoms with van der Waals surface area (Å²) < 4.78 is 0. The molecule has 7 heavy (non-hydrogen) atoms. The van der Waals surface area contributed by atoms with Gasteiger partial charge in [0.1, 0.15) is 0 Å². The van der Waals surface area contributed by atoms with Crippen LogP contribution < -0.4 is 0 Å². The zero-order valence-corrected chi connectivity index (χ0v) is 4.35. The predicted octanol–water partition coefficient (Wildman–Crippen LogP) is 0.967. The third-order valence-corrected chi connectivity index (χ3v) is 0.877. The van der Waals surface area contributed by atoms with E-state index in [1.165, 1.54) is 0 Å². The summed E-state index contributed by atoms with van der Waals surface area (Å²) in [6.45, 7) is 1.58. The van der Waals surface area contributed by atoms with Gasteiger partial charge in [0.2, 0.25) is 0 Å². The Bertz CT molecular complexity index is 70.6. The first-order valence-electron chi connectivity index (χ1n) is 2.32. The normalized spacial score (nSPS) is 12.7. The van der Waals surface area contributed by atoms with E-state index in [2.05, 4.69) is 0 Å². The third-order valence-electron chi connectivity index (χ3n) is 0.877. The minimum absolute atomic E-state index is 0.257. The highest BCUT2D eigenvalue weighted by Crippen LogP contribution is 1.96. The largest absolute Gasteiger partial charge is 0.235 e. The topological polar surface area (TPSA) is 43.7 Å². The fourth-order valence-electron chi connectivity index (χ4n) is 0.246. The van der Waals surface area contributed by atoms with Crippen LogP contribution in [-0.4, -0.2) is 6.61 Å². The number of hydrogen-bond donors (Lipinski definition) is 0. The van der Waals surface area contributed by atoms with E-state index in [1.807, 2.05) is 13.0 Å². The maximum absolute atomic E-state index is 9.87. The molecular formula is C5H8NO. The van der Waals surface area contributed by atoms with Gasteiger partial charge in [-0.05, 0) is 6.42 Å². The van der Waals surface area contributed by atoms with Gasteiger partial charge in [-0.25, -0.2) is 5.11 Å². The SMILES string of the molecule is CCC(C#N)C[O]. The second kappa shape index (κ2) is 3.63. The highest BCUT2D eigenvalue weighted by atomic mass is 16.3. The van der Waals surface area contributed by atoms with Crippen LogP contribution in [-0.2, 0) is 5.11 Å². The van der Waals surface area contributed by atoms with E-state index in [0.717, 1.165) is 0 Å². The fourth-order valence-corrected chi connectivity index (χ4v) is 0.246. The van der Waals surface area contributed by atoms with Gasteiger partial charge in [-0.15, -0.1) is 0 Å². The summed E-state index contributed by atoms with van der Waals surface area (Å²) in [5.41, 5.74) is 0. The molecule has 0 fully saturated rings. The van der Waals surface area contributed by atoms with Crippen molar-refractivity contribution in [2.75, 3.05) is 6.61 Å². The monoisotopic (exact) mass is 98.1 g/mol. The van der Waals surface area contributed by atoms with Crippen LogP contribution in [0.3, 0.4) is 0 Å². The summed E-state index contributed by atoms with van der Waals surface area (Å²) in [7, 11) is 0. The lowest BCUT2D eigenvalue weighted by Gasteiger charge is -1.92. The van der Waals surface area contributed by atoms with Crippen molar-refractivity contribution in [1.29, 1.82) is 5.26 Å². The van der Waals surface area contributed by atoms with Gasteiger partial charge in [0.05, 0.1) is 18.6 Å². The zero-order valence-electron chi connectivity index (χ0n) is 4.35. The van der Waals surface area contributed by atoms with E-state index in [-0.39, 0.29) is 12.5 Å². The molecule has 0 N–H and O–H groups in total. The predicted molar refractivity (Wildman–Crippen MR) is 24.9 cm³/mol. The molecule has 0 aliphatic carbocycles. The summed E-state index contributed by atoms with van der Waals surface area (Å²) in [5, 5.41) is 17.9. The zero-order chi connectivity index (χ0) is 5.70. The Hall–Kier alpha value is -0.550. The lowest BCUT2D eigenvalue weighted by atomic mass is 10.1. The first-order chi connectivity index (χ1) is 3.35. The van der Waals surface area contributed by atoms with E-state index in [9.17, 15) is 5.11 Å². The standard InChI is InChI=1S/C5H8NO/c1-2-5(3-6)4-7/h5H,2,4H2,1H3. The summed E-state index contributed by atoms with van der Waals surface area (Å²) in [5.74, 6) is -0.264. The molecule has 1 radical (unpaired) electrons. The minimum atomic E-state index is -0.264. The molecule has 0 aromatic heterocycles. The minimum Gasteiger partial charge on any atom is -0.235 e. The molecule has 2 heteroatoms. The van der Waals surface area contributed by atoms with Crippen LogP contribution in [0.5, 0.6) is 0 Å². The van der Waals surface area contributed by atoms with Crippen molar-refractivity contribution >= 4 is 0 Å². The Labute approximate surface area is 43.4 Å². The molecule has 0 aromatic rings. The van der Waals surface area contributed by atoms with Crippen molar-refractivity contribution < 1.29 is 5.11 Å². The van der Waals surface area contributed by atoms with Crippen molar-refractivity contribution in [1.82, 2.24) is 0 Å². The summed E-state index contributed by atoms with van der Waals surface area (Å²) in [4.78, 5) is 0. The third kappa shape index (κ3) is 2.18. The smallest absolute Gasteiger partial charge is 0.0980 e. The molecule has 0 aromatic carbocycles. The van der Waals surface area contributed by atoms with E-state index >= 15 is 0 Å². The molecule has 1 atom stereocenters. The molecular weight excluding hydrogens is 90.1 g/mol. The molecule has 0 aliphatic rings. The molecule has 0 saturated carbocycles. The van der Waals surface area contributed by atoms with Gasteiger partial charge in [-0.2, -0.15) is 5.26 Å². The Morgan fingerprint density at radius 2 is 2.43 bits per heavy atom. The summed E-state index contributed by atoms with van der Waals surface area (Å²) in [6.07, 6.45) is 0.681. The quantitative estimate of drug-likeness (QED) is 0.507. The van der Waals surface area contributed by atoms with Crippen molar-refractivity contribution in [3.63, 3.8) is 0 Å². The summed E-state index contributed by atoms with van der Waals surface area (Å²) >= 11 is 0. The van der Waals surface area contributed by atoms with Gasteiger partial charge in [-0.3, -0.25) is 0 Å². The van der Waals surface area contributed by atoms with Crippen LogP contribution in [0.2, 0.25) is 0 Å². The highest BCUT2D eigenvalue weighted by molar-refractivity contribution is 4.79. The first kappa shape index (κ1) is 6.45. The molecule has 0 bridgehead atoms. The molecule has 0 aliphatic heterocycles. The Morgan fingerprint density at radius 1 is 1.86 bits per heavy atom. The lowest BCUT2D eigenvalue weighted by molar-refractivity contribution is 0.163. The number of rotatable bonds is 2. The van der Waals surface area contributed by atoms with Gasteiger partial charge in [0.25, 0.3) is 0 Å². The maximum Gasteiger partial charge on any atom is 0.0980 e. The van der Waals surface area contributed by atoms with Crippen LogP contribution in [0.1, 0.15) is 13.3 Å². The molecule has 0 saturated heterocycles. The van der Waals surface area contributed by atoms with Crippen molar-refractivity contribution in [2.45, 2.75) is 13.3 Å². The maximum atomic E-state index is 9.87. The van der Waals surface area contributed by atoms with Gasteiger partial charge < -0.3 is 0 Å². The van der Waals surface area contributed by atoms with E-state index in [4.69, 9.17) is 5.26 Å². The summed E-state index contributed by atoms with van der Waals surface area (Å²) in [6, 6.07) is 1.89. The van der Waals surface area contributed by atoms with Crippen molar-refractivity contribution in [3.8, 4) is 6.07 Å². The average Bonchev–Trinajstić information content (AvgIpc) is 1.72. The molecule has 0 spiro atoms. The van der Waals surface area contributed by atoms with Crippen LogP contribution in [0.15, 0.2) is 0 Å². The second-order valence-corrected chi connectivity index (χ2v) is 1.40. The van der Waals surface area contributed by atoms with Gasteiger partial charge >= 0.3 is 0 Å². The molecule has 0 amide bonds. The lowest BCUT2D eigenvalue weighted by Crippen LogP contribution is -1.97. The Balaban J connectivity index is 3.23. The van der Waals surface area contributed by atoms with Crippen LogP contribution >= 0.6 is 0 Å². The van der Waals surface area contributed by atoms with Gasteiger partial charge in [0, 0.05) is 0 Å². The van der Waals surface area contributed by atoms with Crippen LogP contribution in [0.4, 0.5) is 0 Å². The molecule has 1 unspecified atom stereocenters. The number of hydrogen-bond acceptors (Lipinski definition) is 1. The average molecular weight is 98.1 g/mol. The molecule has 2 nitrogen and oxygen atoms in total. The Kier molecular flexibility index (Phi) is 3.35. The Morgan fingerprint density at radius 3 is 2.43 bits per heavy atom. The fraction of sp³-hybridized carbons (Fsp3) is 0.800. The number of nitrogens with zero attached hydrogens (tertiary/aromatic N) is 1. The van der Waals surface area contributed by atoms with Crippen LogP contribution in [0.25, 0.3) is 0 Å². The molecule has 39 valence electrons. The van der Waals surface area contributed by atoms with Gasteiger partial charge in [-0.1, -0.05) is 6.92 Å². The first-order valence-corrected chi connectivity index (χ1v) is 2.32. The number of nitriles is 1. The molecule has 0 heterocycles. The van der Waals surface area contributed by atoms with Crippen molar-refractivity contribution in [3.05, 3.63) is 0 Å². The van der Waals surface area contributed by atoms with E-state index in [1.54, 1.807) is 0 Å². The molecule has 0 rings (SSSR count).